The van der Waals surface area contributed by atoms with E-state index in [9.17, 15) is 0 Å². The van der Waals surface area contributed by atoms with Crippen LogP contribution in [0.5, 0.6) is 0 Å². The van der Waals surface area contributed by atoms with Crippen molar-refractivity contribution in [2.24, 2.45) is 0 Å². The fourth-order valence-corrected chi connectivity index (χ4v) is 13.5. The summed E-state index contributed by atoms with van der Waals surface area (Å²) in [6, 6.07) is 78.7. The third-order valence-corrected chi connectivity index (χ3v) is 17.4. The lowest BCUT2D eigenvalue weighted by Crippen LogP contribution is -2.07. The van der Waals surface area contributed by atoms with Crippen LogP contribution in [0.25, 0.3) is 144 Å². The number of nitrogens with zero attached hydrogens (tertiary/aromatic N) is 7. The standard InChI is InChI=1S/C77H59N7/c1-44-14-26-65-57(34-44)58-35-45(2)15-27-66(58)81(65)53-22-24-55(73(42-53)83-69-30-18-48(5)38-61(69)62-39-49(6)19-31-70(62)83)76-78-75(52-12-10-9-11-13-52)79-77(80-76)56-25-23-54(82-67-28-16-46(3)36-59(67)60-37-47(4)17-29-68(60)82)43-74(56)84-71-32-20-50(7)40-63(71)64-41-51(8)21-33-72(64)84/h9-43H,1-8H3. The van der Waals surface area contributed by atoms with Gasteiger partial charge in [0, 0.05) is 71.2 Å². The van der Waals surface area contributed by atoms with Crippen molar-refractivity contribution in [3.8, 4) is 56.9 Å². The van der Waals surface area contributed by atoms with E-state index in [4.69, 9.17) is 15.0 Å². The predicted molar refractivity (Wildman–Crippen MR) is 351 cm³/mol. The predicted octanol–water partition coefficient (Wildman–Crippen LogP) is 19.7. The van der Waals surface area contributed by atoms with E-state index in [1.54, 1.807) is 0 Å². The normalized spacial score (nSPS) is 12.0. The number of aromatic nitrogens is 7. The van der Waals surface area contributed by atoms with E-state index in [0.717, 1.165) is 83.6 Å². The molecule has 0 aliphatic heterocycles. The number of rotatable bonds is 7. The Morgan fingerprint density at radius 2 is 0.476 bits per heavy atom. The molecular formula is C77H59N7. The summed E-state index contributed by atoms with van der Waals surface area (Å²) in [5.41, 5.74) is 25.5. The van der Waals surface area contributed by atoms with Crippen molar-refractivity contribution in [1.29, 1.82) is 0 Å². The number of hydrogen-bond acceptors (Lipinski definition) is 3. The van der Waals surface area contributed by atoms with Gasteiger partial charge in [0.05, 0.1) is 55.5 Å². The molecule has 0 saturated heterocycles. The Labute approximate surface area is 487 Å². The minimum Gasteiger partial charge on any atom is -0.309 e. The van der Waals surface area contributed by atoms with Crippen LogP contribution in [0.1, 0.15) is 44.5 Å². The largest absolute Gasteiger partial charge is 0.309 e. The van der Waals surface area contributed by atoms with E-state index in [1.807, 2.05) is 6.07 Å². The maximum absolute atomic E-state index is 5.78. The van der Waals surface area contributed by atoms with Crippen LogP contribution in [-0.4, -0.2) is 33.2 Å². The summed E-state index contributed by atoms with van der Waals surface area (Å²) in [5.74, 6) is 1.73. The van der Waals surface area contributed by atoms with Crippen LogP contribution in [0.4, 0.5) is 0 Å². The highest BCUT2D eigenvalue weighted by molar-refractivity contribution is 6.14. The van der Waals surface area contributed by atoms with Crippen molar-refractivity contribution in [2.45, 2.75) is 55.4 Å². The average Bonchev–Trinajstić information content (AvgIpc) is 1.97. The number of hydrogen-bond donors (Lipinski definition) is 0. The van der Waals surface area contributed by atoms with Crippen LogP contribution in [0.15, 0.2) is 212 Å². The van der Waals surface area contributed by atoms with Gasteiger partial charge < -0.3 is 18.3 Å². The Morgan fingerprint density at radius 3 is 0.750 bits per heavy atom. The van der Waals surface area contributed by atoms with Gasteiger partial charge in [-0.2, -0.15) is 0 Å². The summed E-state index contributed by atoms with van der Waals surface area (Å²) in [5, 5.41) is 9.72. The molecule has 0 fully saturated rings. The highest BCUT2D eigenvalue weighted by atomic mass is 15.1. The summed E-state index contributed by atoms with van der Waals surface area (Å²) in [6.07, 6.45) is 0. The van der Waals surface area contributed by atoms with Gasteiger partial charge in [-0.1, -0.05) is 123 Å². The summed E-state index contributed by atoms with van der Waals surface area (Å²) in [4.78, 5) is 16.9. The van der Waals surface area contributed by atoms with Gasteiger partial charge in [0.2, 0.25) is 0 Å². The molecule has 0 unspecified atom stereocenters. The minimum absolute atomic E-state index is 0.569. The zero-order chi connectivity index (χ0) is 56.8. The molecule has 0 aliphatic rings. The van der Waals surface area contributed by atoms with Crippen molar-refractivity contribution in [3.63, 3.8) is 0 Å². The first kappa shape index (κ1) is 49.4. The molecule has 0 atom stereocenters. The lowest BCUT2D eigenvalue weighted by atomic mass is 10.1. The molecule has 7 heteroatoms. The fraction of sp³-hybridized carbons (Fsp3) is 0.104. The van der Waals surface area contributed by atoms with Crippen molar-refractivity contribution >= 4 is 87.2 Å². The first-order chi connectivity index (χ1) is 40.9. The molecule has 0 saturated carbocycles. The van der Waals surface area contributed by atoms with Crippen LogP contribution >= 0.6 is 0 Å². The van der Waals surface area contributed by atoms with Gasteiger partial charge in [0.15, 0.2) is 17.5 Å². The minimum atomic E-state index is 0.569. The topological polar surface area (TPSA) is 58.4 Å². The van der Waals surface area contributed by atoms with Crippen molar-refractivity contribution < 1.29 is 0 Å². The van der Waals surface area contributed by atoms with Crippen LogP contribution in [-0.2, 0) is 0 Å². The SMILES string of the molecule is Cc1ccc2c(c1)c1cc(C)ccc1n2-c1ccc(-c2nc(-c3ccccc3)nc(-c3ccc(-n4c5ccc(C)cc5c5cc(C)ccc54)cc3-n3c4ccc(C)cc4c4cc(C)ccc43)n2)c(-n2c3ccc(C)cc3c3cc(C)ccc32)c1. The monoisotopic (exact) mass is 1080 g/mol. The second-order valence-electron chi connectivity index (χ2n) is 23.6. The Morgan fingerprint density at radius 1 is 0.226 bits per heavy atom. The molecule has 84 heavy (non-hydrogen) atoms. The first-order valence-corrected chi connectivity index (χ1v) is 29.1. The summed E-state index contributed by atoms with van der Waals surface area (Å²) >= 11 is 0. The van der Waals surface area contributed by atoms with Gasteiger partial charge in [-0.3, -0.25) is 0 Å². The Kier molecular flexibility index (Phi) is 10.9. The van der Waals surface area contributed by atoms with Gasteiger partial charge in [-0.15, -0.1) is 0 Å². The highest BCUT2D eigenvalue weighted by Gasteiger charge is 2.26. The first-order valence-electron chi connectivity index (χ1n) is 29.1. The molecule has 16 aromatic rings. The summed E-state index contributed by atoms with van der Waals surface area (Å²) < 4.78 is 9.73. The smallest absolute Gasteiger partial charge is 0.166 e. The molecule has 0 amide bonds. The average molecular weight is 1080 g/mol. The number of fused-ring (bicyclic) bond motifs is 12. The quantitative estimate of drug-likeness (QED) is 0.160. The van der Waals surface area contributed by atoms with E-state index in [1.165, 1.54) is 87.6 Å². The zero-order valence-corrected chi connectivity index (χ0v) is 48.3. The Bertz CT molecular complexity index is 4920. The van der Waals surface area contributed by atoms with Crippen molar-refractivity contribution in [3.05, 3.63) is 257 Å². The Hall–Kier alpha value is -10.4. The van der Waals surface area contributed by atoms with Crippen LogP contribution in [0, 0.1) is 55.4 Å². The molecule has 0 radical (unpaired) electrons. The van der Waals surface area contributed by atoms with E-state index < -0.39 is 0 Å². The molecule has 402 valence electrons. The van der Waals surface area contributed by atoms with Gasteiger partial charge in [0.1, 0.15) is 0 Å². The van der Waals surface area contributed by atoms with Gasteiger partial charge in [-0.25, -0.2) is 15.0 Å². The van der Waals surface area contributed by atoms with Crippen LogP contribution in [0.3, 0.4) is 0 Å². The maximum atomic E-state index is 5.78. The summed E-state index contributed by atoms with van der Waals surface area (Å²) in [7, 11) is 0. The molecule has 5 heterocycles. The second kappa shape index (κ2) is 18.6. The lowest BCUT2D eigenvalue weighted by molar-refractivity contribution is 1.05. The summed E-state index contributed by atoms with van der Waals surface area (Å²) in [6.45, 7) is 17.4. The van der Waals surface area contributed by atoms with E-state index in [0.29, 0.717) is 17.5 Å². The van der Waals surface area contributed by atoms with Crippen molar-refractivity contribution in [2.75, 3.05) is 0 Å². The lowest BCUT2D eigenvalue weighted by Gasteiger charge is -2.19. The van der Waals surface area contributed by atoms with E-state index in [-0.39, 0.29) is 0 Å². The molecule has 11 aromatic carbocycles. The molecule has 0 bridgehead atoms. The molecule has 0 aliphatic carbocycles. The number of aryl methyl sites for hydroxylation is 8. The maximum Gasteiger partial charge on any atom is 0.166 e. The molecule has 5 aromatic heterocycles. The molecule has 0 N–H and O–H groups in total. The van der Waals surface area contributed by atoms with Crippen molar-refractivity contribution in [1.82, 2.24) is 33.2 Å². The fourth-order valence-electron chi connectivity index (χ4n) is 13.5. The third kappa shape index (κ3) is 7.69. The number of benzene rings is 11. The second-order valence-corrected chi connectivity index (χ2v) is 23.6. The van der Waals surface area contributed by atoms with E-state index >= 15 is 0 Å². The zero-order valence-electron chi connectivity index (χ0n) is 48.3. The van der Waals surface area contributed by atoms with Crippen LogP contribution < -0.4 is 0 Å². The van der Waals surface area contributed by atoms with Gasteiger partial charge >= 0.3 is 0 Å². The van der Waals surface area contributed by atoms with Crippen LogP contribution in [0.2, 0.25) is 0 Å². The molecule has 16 rings (SSSR count). The molecular weight excluding hydrogens is 1020 g/mol. The van der Waals surface area contributed by atoms with Gasteiger partial charge in [-0.05, 0) is 189 Å². The third-order valence-electron chi connectivity index (χ3n) is 17.4. The highest BCUT2D eigenvalue weighted by Crippen LogP contribution is 2.44. The molecule has 0 spiro atoms. The van der Waals surface area contributed by atoms with E-state index in [2.05, 4.69) is 280 Å². The molecule has 7 nitrogen and oxygen atoms in total. The Balaban J connectivity index is 1.01. The van der Waals surface area contributed by atoms with Gasteiger partial charge in [0.25, 0.3) is 0 Å².